The Hall–Kier alpha value is -1.32. The normalized spacial score (nSPS) is 25.1. The van der Waals surface area contributed by atoms with Gasteiger partial charge in [-0.25, -0.2) is 0 Å². The van der Waals surface area contributed by atoms with Crippen molar-refractivity contribution in [3.8, 4) is 0 Å². The molecule has 0 saturated carbocycles. The monoisotopic (exact) mass is 238 g/mol. The molecule has 4 heteroatoms. The maximum Gasteiger partial charge on any atom is 0.246 e. The van der Waals surface area contributed by atoms with E-state index >= 15 is 0 Å². The first-order chi connectivity index (χ1) is 8.01. The van der Waals surface area contributed by atoms with Crippen LogP contribution in [0.1, 0.15) is 33.6 Å². The summed E-state index contributed by atoms with van der Waals surface area (Å²) in [5.74, 6) is 0.359. The summed E-state index contributed by atoms with van der Waals surface area (Å²) in [7, 11) is 0. The van der Waals surface area contributed by atoms with E-state index in [-0.39, 0.29) is 23.9 Å². The van der Waals surface area contributed by atoms with E-state index in [0.29, 0.717) is 25.3 Å². The number of amides is 2. The van der Waals surface area contributed by atoms with Crippen LogP contribution in [0, 0.1) is 5.92 Å². The summed E-state index contributed by atoms with van der Waals surface area (Å²) in [6.45, 7) is 10.1. The summed E-state index contributed by atoms with van der Waals surface area (Å²) >= 11 is 0. The highest BCUT2D eigenvalue weighted by atomic mass is 16.2. The Kier molecular flexibility index (Phi) is 4.73. The highest BCUT2D eigenvalue weighted by Crippen LogP contribution is 2.17. The van der Waals surface area contributed by atoms with Crippen LogP contribution in [-0.2, 0) is 9.59 Å². The van der Waals surface area contributed by atoms with Crippen molar-refractivity contribution in [2.45, 2.75) is 45.7 Å². The molecule has 2 amide bonds. The second-order valence-corrected chi connectivity index (χ2v) is 4.89. The van der Waals surface area contributed by atoms with Crippen LogP contribution in [0.4, 0.5) is 0 Å². The van der Waals surface area contributed by atoms with Gasteiger partial charge in [0.25, 0.3) is 0 Å². The third-order valence-corrected chi connectivity index (χ3v) is 3.00. The quantitative estimate of drug-likeness (QED) is 0.734. The Labute approximate surface area is 103 Å². The molecule has 1 saturated heterocycles. The second-order valence-electron chi connectivity index (χ2n) is 4.89. The molecule has 1 N–H and O–H groups in total. The first-order valence-corrected chi connectivity index (χ1v) is 6.23. The summed E-state index contributed by atoms with van der Waals surface area (Å²) in [5, 5.41) is 2.82. The Balaban J connectivity index is 2.85. The molecule has 1 aliphatic rings. The first-order valence-electron chi connectivity index (χ1n) is 6.23. The van der Waals surface area contributed by atoms with Gasteiger partial charge in [-0.15, -0.1) is 6.58 Å². The van der Waals surface area contributed by atoms with Gasteiger partial charge in [-0.1, -0.05) is 26.8 Å². The number of piperazine rings is 1. The highest BCUT2D eigenvalue weighted by molar-refractivity contribution is 5.97. The molecular formula is C13H22N2O2. The molecule has 1 rings (SSSR count). The van der Waals surface area contributed by atoms with Crippen LogP contribution in [0.25, 0.3) is 0 Å². The Bertz CT molecular complexity index is 313. The lowest BCUT2D eigenvalue weighted by molar-refractivity contribution is -0.149. The number of rotatable bonds is 5. The number of carbonyl (C=O) groups is 2. The fraction of sp³-hybridized carbons (Fsp3) is 0.692. The maximum absolute atomic E-state index is 12.2. The molecule has 0 spiro atoms. The van der Waals surface area contributed by atoms with E-state index in [4.69, 9.17) is 0 Å². The van der Waals surface area contributed by atoms with Gasteiger partial charge in [-0.2, -0.15) is 0 Å². The minimum Gasteiger partial charge on any atom is -0.342 e. The Morgan fingerprint density at radius 3 is 2.59 bits per heavy atom. The smallest absolute Gasteiger partial charge is 0.246 e. The van der Waals surface area contributed by atoms with Crippen LogP contribution in [0.15, 0.2) is 12.7 Å². The van der Waals surface area contributed by atoms with Crippen LogP contribution in [0.3, 0.4) is 0 Å². The predicted molar refractivity (Wildman–Crippen MR) is 67.4 cm³/mol. The fourth-order valence-corrected chi connectivity index (χ4v) is 2.22. The van der Waals surface area contributed by atoms with Gasteiger partial charge >= 0.3 is 0 Å². The minimum absolute atomic E-state index is 0.0186. The zero-order valence-corrected chi connectivity index (χ0v) is 10.9. The van der Waals surface area contributed by atoms with Crippen molar-refractivity contribution in [2.24, 2.45) is 5.92 Å². The first kappa shape index (κ1) is 13.7. The number of hydrogen-bond donors (Lipinski definition) is 1. The molecule has 0 bridgehead atoms. The van der Waals surface area contributed by atoms with Gasteiger partial charge in [0, 0.05) is 6.54 Å². The number of nitrogens with zero attached hydrogens (tertiary/aromatic N) is 1. The highest BCUT2D eigenvalue weighted by Gasteiger charge is 2.38. The molecule has 2 atom stereocenters. The molecule has 0 aromatic rings. The molecule has 1 fully saturated rings. The van der Waals surface area contributed by atoms with Gasteiger partial charge < -0.3 is 10.2 Å². The van der Waals surface area contributed by atoms with Crippen molar-refractivity contribution < 1.29 is 9.59 Å². The largest absolute Gasteiger partial charge is 0.342 e. The van der Waals surface area contributed by atoms with Crippen molar-refractivity contribution >= 4 is 11.8 Å². The third kappa shape index (κ3) is 3.08. The second kappa shape index (κ2) is 5.84. The fourth-order valence-electron chi connectivity index (χ4n) is 2.22. The van der Waals surface area contributed by atoms with Gasteiger partial charge in [0.1, 0.15) is 12.1 Å². The molecular weight excluding hydrogens is 216 g/mol. The van der Waals surface area contributed by atoms with Crippen molar-refractivity contribution in [2.75, 3.05) is 6.54 Å². The third-order valence-electron chi connectivity index (χ3n) is 3.00. The average Bonchev–Trinajstić information content (AvgIpc) is 2.25. The summed E-state index contributed by atoms with van der Waals surface area (Å²) in [4.78, 5) is 25.8. The van der Waals surface area contributed by atoms with Crippen LogP contribution < -0.4 is 5.32 Å². The SMILES string of the molecule is C=CCN1C(=O)C(CC(C)C)NC(=O)C1CC. The lowest BCUT2D eigenvalue weighted by Gasteiger charge is -2.38. The predicted octanol–water partition coefficient (Wildman–Crippen LogP) is 1.32. The van der Waals surface area contributed by atoms with E-state index < -0.39 is 0 Å². The summed E-state index contributed by atoms with van der Waals surface area (Å²) in [6, 6.07) is -0.714. The standard InChI is InChI=1S/C13H22N2O2/c1-5-7-15-11(6-2)12(16)14-10(13(15)17)8-9(3)4/h5,9-11H,1,6-8H2,2-4H3,(H,14,16). The molecule has 0 radical (unpaired) electrons. The molecule has 1 heterocycles. The molecule has 0 aromatic carbocycles. The lowest BCUT2D eigenvalue weighted by atomic mass is 9.97. The average molecular weight is 238 g/mol. The number of nitrogens with one attached hydrogen (secondary N) is 1. The van der Waals surface area contributed by atoms with Crippen LogP contribution in [0.2, 0.25) is 0 Å². The molecule has 4 nitrogen and oxygen atoms in total. The van der Waals surface area contributed by atoms with Crippen molar-refractivity contribution in [1.82, 2.24) is 10.2 Å². The van der Waals surface area contributed by atoms with Crippen molar-refractivity contribution in [3.63, 3.8) is 0 Å². The van der Waals surface area contributed by atoms with Gasteiger partial charge in [-0.3, -0.25) is 9.59 Å². The molecule has 1 aliphatic heterocycles. The van der Waals surface area contributed by atoms with E-state index in [9.17, 15) is 9.59 Å². The number of hydrogen-bond acceptors (Lipinski definition) is 2. The lowest BCUT2D eigenvalue weighted by Crippen LogP contribution is -2.63. The topological polar surface area (TPSA) is 49.4 Å². The summed E-state index contributed by atoms with van der Waals surface area (Å²) in [6.07, 6.45) is 3.00. The van der Waals surface area contributed by atoms with E-state index in [0.717, 1.165) is 0 Å². The van der Waals surface area contributed by atoms with Crippen LogP contribution in [0.5, 0.6) is 0 Å². The Morgan fingerprint density at radius 1 is 1.47 bits per heavy atom. The van der Waals surface area contributed by atoms with E-state index in [1.54, 1.807) is 11.0 Å². The Morgan fingerprint density at radius 2 is 2.12 bits per heavy atom. The zero-order valence-electron chi connectivity index (χ0n) is 10.9. The molecule has 96 valence electrons. The number of carbonyl (C=O) groups excluding carboxylic acids is 2. The summed E-state index contributed by atoms with van der Waals surface area (Å²) < 4.78 is 0. The van der Waals surface area contributed by atoms with Crippen LogP contribution >= 0.6 is 0 Å². The molecule has 2 unspecified atom stereocenters. The van der Waals surface area contributed by atoms with E-state index in [1.807, 2.05) is 20.8 Å². The zero-order chi connectivity index (χ0) is 13.0. The van der Waals surface area contributed by atoms with E-state index in [2.05, 4.69) is 11.9 Å². The van der Waals surface area contributed by atoms with Gasteiger partial charge in [0.05, 0.1) is 0 Å². The van der Waals surface area contributed by atoms with Crippen LogP contribution in [-0.4, -0.2) is 35.3 Å². The maximum atomic E-state index is 12.2. The van der Waals surface area contributed by atoms with Gasteiger partial charge in [0.15, 0.2) is 0 Å². The van der Waals surface area contributed by atoms with Crippen molar-refractivity contribution in [1.29, 1.82) is 0 Å². The summed E-state index contributed by atoms with van der Waals surface area (Å²) in [5.41, 5.74) is 0. The van der Waals surface area contributed by atoms with Crippen molar-refractivity contribution in [3.05, 3.63) is 12.7 Å². The van der Waals surface area contributed by atoms with Gasteiger partial charge in [0.2, 0.25) is 11.8 Å². The minimum atomic E-state index is -0.370. The van der Waals surface area contributed by atoms with E-state index in [1.165, 1.54) is 0 Å². The van der Waals surface area contributed by atoms with Gasteiger partial charge in [-0.05, 0) is 18.8 Å². The molecule has 0 aromatic heterocycles. The molecule has 0 aliphatic carbocycles. The molecule has 17 heavy (non-hydrogen) atoms.